The average Bonchev–Trinajstić information content (AvgIpc) is 2.41. The van der Waals surface area contributed by atoms with E-state index < -0.39 is 72.4 Å². The summed E-state index contributed by atoms with van der Waals surface area (Å²) in [6.45, 7) is 0. The summed E-state index contributed by atoms with van der Waals surface area (Å²) in [4.78, 5) is 0. The molecule has 4 saturated heterocycles. The molecule has 0 aromatic carbocycles. The zero-order valence-electron chi connectivity index (χ0n) is 13.0. The van der Waals surface area contributed by atoms with Crippen LogP contribution in [0.2, 0.25) is 0 Å². The molecular formula is C12H9F12O3P. The number of rotatable bonds is 1. The molecule has 4 aliphatic heterocycles. The quantitative estimate of drug-likeness (QED) is 0.427. The summed E-state index contributed by atoms with van der Waals surface area (Å²) in [5, 5.41) is 0. The number of ether oxygens (including phenoxy) is 3. The van der Waals surface area contributed by atoms with E-state index >= 15 is 0 Å². The summed E-state index contributed by atoms with van der Waals surface area (Å²) in [5.41, 5.74) is -8.94. The van der Waals surface area contributed by atoms with Gasteiger partial charge in [-0.1, -0.05) is 0 Å². The highest BCUT2D eigenvalue weighted by Gasteiger charge is 2.93. The van der Waals surface area contributed by atoms with Crippen LogP contribution in [0.5, 0.6) is 0 Å². The fraction of sp³-hybridized carbons (Fsp3) is 1.00. The molecule has 0 aliphatic carbocycles. The van der Waals surface area contributed by atoms with E-state index in [2.05, 4.69) is 14.2 Å². The molecule has 4 aliphatic rings. The highest BCUT2D eigenvalue weighted by Crippen LogP contribution is 2.73. The molecule has 0 aromatic rings. The van der Waals surface area contributed by atoms with Crippen LogP contribution in [-0.2, 0) is 14.2 Å². The van der Waals surface area contributed by atoms with E-state index in [1.54, 1.807) is 0 Å². The molecule has 5 unspecified atom stereocenters. The minimum absolute atomic E-state index is 1.21. The molecule has 28 heavy (non-hydrogen) atoms. The molecule has 4 bridgehead atoms. The molecule has 0 radical (unpaired) electrons. The van der Waals surface area contributed by atoms with E-state index in [1.807, 2.05) is 0 Å². The molecular weight excluding hydrogens is 451 g/mol. The lowest BCUT2D eigenvalue weighted by Gasteiger charge is -2.70. The fourth-order valence-corrected chi connectivity index (χ4v) is 4.86. The molecule has 164 valence electrons. The van der Waals surface area contributed by atoms with E-state index in [9.17, 15) is 52.7 Å². The largest absolute Gasteiger partial charge is 0.443 e. The normalized spacial score (nSPS) is 44.2. The van der Waals surface area contributed by atoms with Crippen molar-refractivity contribution in [3.8, 4) is 0 Å². The van der Waals surface area contributed by atoms with Gasteiger partial charge in [-0.3, -0.25) is 0 Å². The average molecular weight is 460 g/mol. The second-order valence-electron chi connectivity index (χ2n) is 6.72. The highest BCUT2D eigenvalue weighted by atomic mass is 31.0. The molecule has 4 heterocycles. The van der Waals surface area contributed by atoms with Crippen molar-refractivity contribution in [2.75, 3.05) is 6.16 Å². The zero-order valence-corrected chi connectivity index (χ0v) is 14.2. The van der Waals surface area contributed by atoms with Crippen LogP contribution >= 0.6 is 9.24 Å². The van der Waals surface area contributed by atoms with Crippen molar-refractivity contribution < 1.29 is 66.9 Å². The molecule has 3 nitrogen and oxygen atoms in total. The molecule has 0 amide bonds. The summed E-state index contributed by atoms with van der Waals surface area (Å²) >= 11 is 0. The summed E-state index contributed by atoms with van der Waals surface area (Å²) in [7, 11) is 1.45. The Bertz CT molecular complexity index is 597. The minimum atomic E-state index is -6.16. The van der Waals surface area contributed by atoms with Crippen LogP contribution in [0.15, 0.2) is 0 Å². The van der Waals surface area contributed by atoms with Gasteiger partial charge in [-0.05, 0) is 6.16 Å². The van der Waals surface area contributed by atoms with Crippen molar-refractivity contribution in [1.29, 1.82) is 0 Å². The Labute approximate surface area is 149 Å². The topological polar surface area (TPSA) is 27.7 Å². The maximum atomic E-state index is 13.8. The Kier molecular flexibility index (Phi) is 4.26. The van der Waals surface area contributed by atoms with E-state index in [1.165, 1.54) is 9.24 Å². The SMILES string of the molecule is FC(F)(F)C12CC3(C(F)(F)F)OC(C(F)(F)F)(CC(C(F)(F)F)(O1)C3CP)O2. The summed E-state index contributed by atoms with van der Waals surface area (Å²) in [5.74, 6) is -12.6. The van der Waals surface area contributed by atoms with Crippen molar-refractivity contribution in [3.05, 3.63) is 0 Å². The Hall–Kier alpha value is -0.530. The van der Waals surface area contributed by atoms with E-state index in [0.717, 1.165) is 0 Å². The fourth-order valence-electron chi connectivity index (χ4n) is 4.09. The van der Waals surface area contributed by atoms with Gasteiger partial charge in [0.05, 0.1) is 0 Å². The van der Waals surface area contributed by atoms with Crippen LogP contribution in [0.25, 0.3) is 0 Å². The molecule has 4 fully saturated rings. The second kappa shape index (κ2) is 5.38. The van der Waals surface area contributed by atoms with Gasteiger partial charge < -0.3 is 14.2 Å². The standard InChI is InChI=1S/C12H9F12O3P/c13-9(14,15)5-2-7(11(19,20)21)26-6(4(5)1-28,10(16,17)18)3-8(25-5,27-7)12(22,23)24/h4H,1-3,28H2. The molecule has 0 N–H and O–H groups in total. The Morgan fingerprint density at radius 2 is 0.929 bits per heavy atom. The van der Waals surface area contributed by atoms with Crippen LogP contribution in [0, 0.1) is 5.92 Å². The van der Waals surface area contributed by atoms with E-state index in [0.29, 0.717) is 0 Å². The van der Waals surface area contributed by atoms with Gasteiger partial charge in [-0.2, -0.15) is 52.7 Å². The zero-order chi connectivity index (χ0) is 21.8. The van der Waals surface area contributed by atoms with Crippen molar-refractivity contribution in [1.82, 2.24) is 0 Å². The lowest BCUT2D eigenvalue weighted by molar-refractivity contribution is -0.637. The number of halogens is 12. The van der Waals surface area contributed by atoms with Gasteiger partial charge in [0.2, 0.25) is 0 Å². The van der Waals surface area contributed by atoms with Crippen molar-refractivity contribution >= 4 is 9.24 Å². The molecule has 0 aromatic heterocycles. The van der Waals surface area contributed by atoms with Gasteiger partial charge in [0.1, 0.15) is 0 Å². The Morgan fingerprint density at radius 1 is 0.607 bits per heavy atom. The predicted molar refractivity (Wildman–Crippen MR) is 65.7 cm³/mol. The van der Waals surface area contributed by atoms with Gasteiger partial charge in [0.15, 0.2) is 11.2 Å². The Morgan fingerprint density at radius 3 is 1.14 bits per heavy atom. The molecule has 0 saturated carbocycles. The van der Waals surface area contributed by atoms with Gasteiger partial charge in [0.25, 0.3) is 11.6 Å². The molecule has 4 rings (SSSR count). The smallest absolute Gasteiger partial charge is 0.325 e. The van der Waals surface area contributed by atoms with E-state index in [-0.39, 0.29) is 0 Å². The Balaban J connectivity index is 2.41. The second-order valence-corrected chi connectivity index (χ2v) is 7.20. The molecule has 5 atom stereocenters. The first-order valence-corrected chi connectivity index (χ1v) is 8.12. The minimum Gasteiger partial charge on any atom is -0.325 e. The van der Waals surface area contributed by atoms with Crippen LogP contribution < -0.4 is 0 Å². The molecule has 16 heteroatoms. The van der Waals surface area contributed by atoms with E-state index in [4.69, 9.17) is 0 Å². The van der Waals surface area contributed by atoms with Crippen LogP contribution in [0.4, 0.5) is 52.7 Å². The predicted octanol–water partition coefficient (Wildman–Crippen LogP) is 4.47. The van der Waals surface area contributed by atoms with Gasteiger partial charge in [-0.25, -0.2) is 0 Å². The van der Waals surface area contributed by atoms with Crippen LogP contribution in [0.1, 0.15) is 12.8 Å². The van der Waals surface area contributed by atoms with Crippen molar-refractivity contribution in [3.63, 3.8) is 0 Å². The summed E-state index contributed by atoms with van der Waals surface area (Å²) in [6.07, 6.45) is -30.5. The maximum Gasteiger partial charge on any atom is 0.443 e. The third kappa shape index (κ3) is 2.41. The third-order valence-corrected chi connectivity index (χ3v) is 5.67. The number of alkyl halides is 12. The van der Waals surface area contributed by atoms with Gasteiger partial charge in [0, 0.05) is 18.8 Å². The summed E-state index contributed by atoms with van der Waals surface area (Å²) in [6, 6.07) is 0. The van der Waals surface area contributed by atoms with Gasteiger partial charge >= 0.3 is 24.7 Å². The third-order valence-electron chi connectivity index (χ3n) is 5.20. The highest BCUT2D eigenvalue weighted by molar-refractivity contribution is 7.16. The maximum absolute atomic E-state index is 13.8. The lowest BCUT2D eigenvalue weighted by Crippen LogP contribution is -2.89. The number of hydrogen-bond donors (Lipinski definition) is 0. The summed E-state index contributed by atoms with van der Waals surface area (Å²) < 4.78 is 175. The van der Waals surface area contributed by atoms with Crippen molar-refractivity contribution in [2.45, 2.75) is 60.3 Å². The molecule has 0 spiro atoms. The number of hydrogen-bond acceptors (Lipinski definition) is 3. The van der Waals surface area contributed by atoms with Crippen LogP contribution in [-0.4, -0.2) is 53.6 Å². The first kappa shape index (κ1) is 22.2. The van der Waals surface area contributed by atoms with Gasteiger partial charge in [-0.15, -0.1) is 9.24 Å². The first-order chi connectivity index (χ1) is 12.2. The van der Waals surface area contributed by atoms with Crippen molar-refractivity contribution in [2.24, 2.45) is 5.92 Å². The monoisotopic (exact) mass is 460 g/mol. The first-order valence-electron chi connectivity index (χ1n) is 7.30. The lowest BCUT2D eigenvalue weighted by atomic mass is 9.62. The van der Waals surface area contributed by atoms with Crippen LogP contribution in [0.3, 0.4) is 0 Å².